The van der Waals surface area contributed by atoms with Crippen molar-refractivity contribution in [1.82, 2.24) is 20.6 Å². The Labute approximate surface area is 101 Å². The summed E-state index contributed by atoms with van der Waals surface area (Å²) in [6, 6.07) is 0. The lowest BCUT2D eigenvalue weighted by Gasteiger charge is -2.09. The van der Waals surface area contributed by atoms with E-state index in [1.807, 2.05) is 6.20 Å². The van der Waals surface area contributed by atoms with Gasteiger partial charge in [0.05, 0.1) is 6.33 Å². The number of aromatic amines is 1. The van der Waals surface area contributed by atoms with Crippen molar-refractivity contribution in [2.75, 3.05) is 26.8 Å². The minimum atomic E-state index is 0.690. The fourth-order valence-corrected chi connectivity index (χ4v) is 1.42. The molecule has 0 spiro atoms. The molecule has 0 aliphatic rings. The van der Waals surface area contributed by atoms with Crippen LogP contribution in [0.4, 0.5) is 0 Å². The van der Waals surface area contributed by atoms with Gasteiger partial charge in [-0.25, -0.2) is 4.98 Å². The molecule has 5 nitrogen and oxygen atoms in total. The van der Waals surface area contributed by atoms with Crippen LogP contribution in [0.3, 0.4) is 0 Å². The quantitative estimate of drug-likeness (QED) is 0.479. The number of nitrogens with one attached hydrogen (secondary N) is 3. The first-order chi connectivity index (χ1) is 7.83. The van der Waals surface area contributed by atoms with Crippen LogP contribution in [-0.2, 0) is 11.2 Å². The van der Waals surface area contributed by atoms with E-state index in [4.69, 9.17) is 17.0 Å². The number of methoxy groups -OCH3 is 1. The topological polar surface area (TPSA) is 62.0 Å². The zero-order chi connectivity index (χ0) is 11.6. The van der Waals surface area contributed by atoms with Gasteiger partial charge in [0.25, 0.3) is 0 Å². The lowest BCUT2D eigenvalue weighted by molar-refractivity contribution is 0.195. The molecule has 16 heavy (non-hydrogen) atoms. The molecule has 6 heteroatoms. The first kappa shape index (κ1) is 12.9. The van der Waals surface area contributed by atoms with Crippen molar-refractivity contribution in [3.8, 4) is 0 Å². The maximum Gasteiger partial charge on any atom is 0.166 e. The molecule has 0 saturated carbocycles. The molecule has 0 saturated heterocycles. The monoisotopic (exact) mass is 242 g/mol. The second kappa shape index (κ2) is 8.06. The summed E-state index contributed by atoms with van der Waals surface area (Å²) < 4.78 is 4.94. The predicted molar refractivity (Wildman–Crippen MR) is 67.4 cm³/mol. The fraction of sp³-hybridized carbons (Fsp3) is 0.600. The highest BCUT2D eigenvalue weighted by Crippen LogP contribution is 1.90. The maximum absolute atomic E-state index is 5.11. The van der Waals surface area contributed by atoms with Crippen molar-refractivity contribution in [1.29, 1.82) is 0 Å². The lowest BCUT2D eigenvalue weighted by Crippen LogP contribution is -2.37. The molecule has 0 aliphatic heterocycles. The summed E-state index contributed by atoms with van der Waals surface area (Å²) in [5.74, 6) is 0. The van der Waals surface area contributed by atoms with Crippen molar-refractivity contribution in [3.63, 3.8) is 0 Å². The first-order valence-corrected chi connectivity index (χ1v) is 5.71. The second-order valence-corrected chi connectivity index (χ2v) is 3.76. The summed E-state index contributed by atoms with van der Waals surface area (Å²) >= 11 is 5.11. The highest BCUT2D eigenvalue weighted by molar-refractivity contribution is 7.80. The molecular weight excluding hydrogens is 224 g/mol. The van der Waals surface area contributed by atoms with Crippen LogP contribution in [0.2, 0.25) is 0 Å². The van der Waals surface area contributed by atoms with Crippen molar-refractivity contribution in [3.05, 3.63) is 18.2 Å². The SMILES string of the molecule is COCCCNC(=S)NCCc1cnc[nH]1. The summed E-state index contributed by atoms with van der Waals surface area (Å²) in [7, 11) is 1.70. The summed E-state index contributed by atoms with van der Waals surface area (Å²) in [6.07, 6.45) is 5.34. The smallest absolute Gasteiger partial charge is 0.166 e. The summed E-state index contributed by atoms with van der Waals surface area (Å²) in [5, 5.41) is 6.93. The average molecular weight is 242 g/mol. The summed E-state index contributed by atoms with van der Waals surface area (Å²) in [6.45, 7) is 2.39. The molecule has 1 aromatic rings. The molecular formula is C10H18N4OS. The zero-order valence-electron chi connectivity index (χ0n) is 9.45. The van der Waals surface area contributed by atoms with Crippen molar-refractivity contribution >= 4 is 17.3 Å². The number of hydrogen-bond acceptors (Lipinski definition) is 3. The van der Waals surface area contributed by atoms with Gasteiger partial charge in [-0.1, -0.05) is 0 Å². The number of thiocarbonyl (C=S) groups is 1. The van der Waals surface area contributed by atoms with E-state index in [2.05, 4.69) is 20.6 Å². The van der Waals surface area contributed by atoms with E-state index in [0.717, 1.165) is 38.2 Å². The molecule has 0 bridgehead atoms. The van der Waals surface area contributed by atoms with E-state index < -0.39 is 0 Å². The molecule has 0 unspecified atom stereocenters. The lowest BCUT2D eigenvalue weighted by atomic mass is 10.3. The van der Waals surface area contributed by atoms with Crippen molar-refractivity contribution in [2.24, 2.45) is 0 Å². The Morgan fingerprint density at radius 2 is 2.31 bits per heavy atom. The summed E-state index contributed by atoms with van der Waals surface area (Å²) in [5.41, 5.74) is 1.11. The molecule has 3 N–H and O–H groups in total. The van der Waals surface area contributed by atoms with Crippen molar-refractivity contribution < 1.29 is 4.74 Å². The molecule has 90 valence electrons. The van der Waals surface area contributed by atoms with E-state index in [-0.39, 0.29) is 0 Å². The van der Waals surface area contributed by atoms with Gasteiger partial charge in [-0.2, -0.15) is 0 Å². The van der Waals surface area contributed by atoms with Gasteiger partial charge >= 0.3 is 0 Å². The van der Waals surface area contributed by atoms with Gasteiger partial charge < -0.3 is 20.4 Å². The highest BCUT2D eigenvalue weighted by Gasteiger charge is 1.96. The van der Waals surface area contributed by atoms with Gasteiger partial charge in [-0.05, 0) is 18.6 Å². The number of imidazole rings is 1. The molecule has 0 fully saturated rings. The highest BCUT2D eigenvalue weighted by atomic mass is 32.1. The van der Waals surface area contributed by atoms with Gasteiger partial charge in [-0.3, -0.25) is 0 Å². The minimum Gasteiger partial charge on any atom is -0.385 e. The molecule has 0 aromatic carbocycles. The van der Waals surface area contributed by atoms with Crippen LogP contribution < -0.4 is 10.6 Å². The van der Waals surface area contributed by atoms with Gasteiger partial charge in [0, 0.05) is 45.1 Å². The van der Waals surface area contributed by atoms with Gasteiger partial charge in [0.1, 0.15) is 0 Å². The Hall–Kier alpha value is -1.14. The third kappa shape index (κ3) is 5.67. The Kier molecular flexibility index (Phi) is 6.52. The molecule has 0 aliphatic carbocycles. The van der Waals surface area contributed by atoms with E-state index >= 15 is 0 Å². The maximum atomic E-state index is 5.11. The van der Waals surface area contributed by atoms with Gasteiger partial charge in [-0.15, -0.1) is 0 Å². The third-order valence-electron chi connectivity index (χ3n) is 2.05. The van der Waals surface area contributed by atoms with Gasteiger partial charge in [0.15, 0.2) is 5.11 Å². The minimum absolute atomic E-state index is 0.690. The Balaban J connectivity index is 1.98. The zero-order valence-corrected chi connectivity index (χ0v) is 10.3. The molecule has 0 radical (unpaired) electrons. The van der Waals surface area contributed by atoms with Crippen LogP contribution in [0.15, 0.2) is 12.5 Å². The number of aromatic nitrogens is 2. The normalized spacial score (nSPS) is 10.1. The molecule has 0 atom stereocenters. The molecule has 1 rings (SSSR count). The van der Waals surface area contributed by atoms with Crippen LogP contribution in [0, 0.1) is 0 Å². The third-order valence-corrected chi connectivity index (χ3v) is 2.33. The van der Waals surface area contributed by atoms with E-state index in [1.54, 1.807) is 13.4 Å². The van der Waals surface area contributed by atoms with Crippen LogP contribution in [0.5, 0.6) is 0 Å². The number of hydrogen-bond donors (Lipinski definition) is 3. The van der Waals surface area contributed by atoms with Crippen molar-refractivity contribution in [2.45, 2.75) is 12.8 Å². The standard InChI is InChI=1S/C10H18N4OS/c1-15-6-2-4-12-10(16)13-5-3-9-7-11-8-14-9/h7-8H,2-6H2,1H3,(H,11,14)(H2,12,13,16). The van der Waals surface area contributed by atoms with E-state index in [0.29, 0.717) is 5.11 Å². The van der Waals surface area contributed by atoms with Gasteiger partial charge in [0.2, 0.25) is 0 Å². The number of ether oxygens (including phenoxy) is 1. The number of nitrogens with zero attached hydrogens (tertiary/aromatic N) is 1. The van der Waals surface area contributed by atoms with E-state index in [1.165, 1.54) is 0 Å². The Morgan fingerprint density at radius 1 is 1.50 bits per heavy atom. The first-order valence-electron chi connectivity index (χ1n) is 5.31. The largest absolute Gasteiger partial charge is 0.385 e. The number of rotatable bonds is 7. The Morgan fingerprint density at radius 3 is 3.00 bits per heavy atom. The predicted octanol–water partition coefficient (Wildman–Crippen LogP) is 0.453. The number of H-pyrrole nitrogens is 1. The van der Waals surface area contributed by atoms with E-state index in [9.17, 15) is 0 Å². The van der Waals surface area contributed by atoms with Crippen LogP contribution in [0.25, 0.3) is 0 Å². The fourth-order valence-electron chi connectivity index (χ4n) is 1.21. The Bertz CT molecular complexity index is 289. The average Bonchev–Trinajstić information content (AvgIpc) is 2.77. The second-order valence-electron chi connectivity index (χ2n) is 3.36. The van der Waals surface area contributed by atoms with Crippen LogP contribution >= 0.6 is 12.2 Å². The van der Waals surface area contributed by atoms with Crippen LogP contribution in [0.1, 0.15) is 12.1 Å². The molecule has 1 heterocycles. The molecule has 0 amide bonds. The summed E-state index contributed by atoms with van der Waals surface area (Å²) in [4.78, 5) is 6.98. The van der Waals surface area contributed by atoms with Crippen LogP contribution in [-0.4, -0.2) is 41.9 Å². The molecule has 1 aromatic heterocycles.